The minimum Gasteiger partial charge on any atom is -0.374 e. The average Bonchev–Trinajstić information content (AvgIpc) is 3.16. The van der Waals surface area contributed by atoms with E-state index in [0.717, 1.165) is 32.1 Å². The smallest absolute Gasteiger partial charge is 0.272 e. The van der Waals surface area contributed by atoms with Crippen molar-refractivity contribution in [1.82, 2.24) is 19.8 Å². The number of carbonyl (C=O) groups excluding carboxylic acids is 1. The Morgan fingerprint density at radius 3 is 2.95 bits per heavy atom. The van der Waals surface area contributed by atoms with Gasteiger partial charge in [-0.1, -0.05) is 0 Å². The molecule has 2 heterocycles. The van der Waals surface area contributed by atoms with Crippen LogP contribution in [-0.4, -0.2) is 71.6 Å². The number of aromatic amines is 1. The van der Waals surface area contributed by atoms with Crippen LogP contribution >= 0.6 is 0 Å². The quantitative estimate of drug-likeness (QED) is 0.876. The third kappa shape index (κ3) is 3.83. The molecule has 6 heteroatoms. The number of imidazole rings is 1. The molecule has 1 aliphatic carbocycles. The number of H-pyrrole nitrogens is 1. The third-order valence-electron chi connectivity index (χ3n) is 4.16. The van der Waals surface area contributed by atoms with Gasteiger partial charge in [-0.25, -0.2) is 4.98 Å². The van der Waals surface area contributed by atoms with Gasteiger partial charge in [-0.3, -0.25) is 4.79 Å². The molecule has 1 aromatic rings. The Morgan fingerprint density at radius 2 is 2.33 bits per heavy atom. The molecule has 1 saturated heterocycles. The molecule has 1 N–H and O–H groups in total. The number of aromatic nitrogens is 2. The normalized spacial score (nSPS) is 23.2. The Morgan fingerprint density at radius 1 is 1.52 bits per heavy atom. The molecule has 0 aromatic carbocycles. The van der Waals surface area contributed by atoms with Crippen LogP contribution in [0.25, 0.3) is 0 Å². The monoisotopic (exact) mass is 292 g/mol. The summed E-state index contributed by atoms with van der Waals surface area (Å²) in [4.78, 5) is 24.0. The average molecular weight is 292 g/mol. The van der Waals surface area contributed by atoms with Crippen LogP contribution < -0.4 is 0 Å². The molecular weight excluding hydrogens is 268 g/mol. The molecule has 3 rings (SSSR count). The summed E-state index contributed by atoms with van der Waals surface area (Å²) in [6, 6.07) is 0. The lowest BCUT2D eigenvalue weighted by Gasteiger charge is -2.33. The fourth-order valence-electron chi connectivity index (χ4n) is 2.78. The molecule has 1 aromatic heterocycles. The van der Waals surface area contributed by atoms with E-state index in [1.807, 2.05) is 11.8 Å². The van der Waals surface area contributed by atoms with Gasteiger partial charge in [0.05, 0.1) is 18.9 Å². The molecule has 0 spiro atoms. The molecule has 0 radical (unpaired) electrons. The van der Waals surface area contributed by atoms with Gasteiger partial charge in [0.1, 0.15) is 11.5 Å². The highest BCUT2D eigenvalue weighted by Crippen LogP contribution is 2.30. The van der Waals surface area contributed by atoms with Crippen molar-refractivity contribution in [1.29, 1.82) is 0 Å². The summed E-state index contributed by atoms with van der Waals surface area (Å²) < 4.78 is 5.81. The molecule has 1 aliphatic heterocycles. The highest BCUT2D eigenvalue weighted by atomic mass is 16.5. The van der Waals surface area contributed by atoms with Gasteiger partial charge in [0.25, 0.3) is 5.91 Å². The van der Waals surface area contributed by atoms with E-state index in [4.69, 9.17) is 4.74 Å². The van der Waals surface area contributed by atoms with Crippen LogP contribution in [-0.2, 0) is 4.74 Å². The Hall–Kier alpha value is -1.40. The highest BCUT2D eigenvalue weighted by Gasteiger charge is 2.30. The van der Waals surface area contributed by atoms with Crippen molar-refractivity contribution in [3.8, 4) is 0 Å². The van der Waals surface area contributed by atoms with Crippen molar-refractivity contribution in [2.75, 3.05) is 39.8 Å². The van der Waals surface area contributed by atoms with Crippen molar-refractivity contribution >= 4 is 5.91 Å². The van der Waals surface area contributed by atoms with Crippen LogP contribution in [0.2, 0.25) is 0 Å². The Labute approximate surface area is 125 Å². The van der Waals surface area contributed by atoms with Crippen molar-refractivity contribution in [3.05, 3.63) is 17.7 Å². The van der Waals surface area contributed by atoms with Gasteiger partial charge in [0.2, 0.25) is 0 Å². The second kappa shape index (κ2) is 6.15. The summed E-state index contributed by atoms with van der Waals surface area (Å²) in [6.45, 7) is 5.96. The largest absolute Gasteiger partial charge is 0.374 e. The highest BCUT2D eigenvalue weighted by molar-refractivity contribution is 5.92. The van der Waals surface area contributed by atoms with Gasteiger partial charge in [0, 0.05) is 26.2 Å². The number of morpholine rings is 1. The van der Waals surface area contributed by atoms with Crippen molar-refractivity contribution in [2.45, 2.75) is 25.9 Å². The van der Waals surface area contributed by atoms with Crippen LogP contribution in [0.1, 0.15) is 29.2 Å². The maximum atomic E-state index is 12.7. The van der Waals surface area contributed by atoms with Gasteiger partial charge in [-0.15, -0.1) is 0 Å². The summed E-state index contributed by atoms with van der Waals surface area (Å²) in [7, 11) is 2.10. The van der Waals surface area contributed by atoms with E-state index in [1.54, 1.807) is 6.20 Å². The van der Waals surface area contributed by atoms with E-state index in [9.17, 15) is 4.79 Å². The van der Waals surface area contributed by atoms with Gasteiger partial charge >= 0.3 is 0 Å². The van der Waals surface area contributed by atoms with Crippen LogP contribution in [0.15, 0.2) is 6.20 Å². The van der Waals surface area contributed by atoms with Gasteiger partial charge in [0.15, 0.2) is 0 Å². The number of aryl methyl sites for hydroxylation is 1. The topological polar surface area (TPSA) is 61.5 Å². The van der Waals surface area contributed by atoms with Crippen LogP contribution in [0.4, 0.5) is 0 Å². The first-order chi connectivity index (χ1) is 10.1. The number of ether oxygens (including phenoxy) is 1. The first-order valence-corrected chi connectivity index (χ1v) is 7.73. The number of carbonyl (C=O) groups is 1. The predicted octanol–water partition coefficient (Wildman–Crippen LogP) is 0.901. The lowest BCUT2D eigenvalue weighted by atomic mass is 10.2. The van der Waals surface area contributed by atoms with Gasteiger partial charge < -0.3 is 19.5 Å². The molecule has 6 nitrogen and oxygen atoms in total. The molecule has 1 atom stereocenters. The first kappa shape index (κ1) is 14.5. The number of hydrogen-bond donors (Lipinski definition) is 1. The summed E-state index contributed by atoms with van der Waals surface area (Å²) >= 11 is 0. The number of hydrogen-bond acceptors (Lipinski definition) is 4. The predicted molar refractivity (Wildman–Crippen MR) is 79.2 cm³/mol. The maximum absolute atomic E-state index is 12.7. The number of rotatable bonds is 5. The van der Waals surface area contributed by atoms with E-state index in [1.165, 1.54) is 12.8 Å². The van der Waals surface area contributed by atoms with E-state index in [2.05, 4.69) is 21.9 Å². The molecule has 0 unspecified atom stereocenters. The Bertz CT molecular complexity index is 498. The second-order valence-electron chi connectivity index (χ2n) is 6.29. The second-order valence-corrected chi connectivity index (χ2v) is 6.29. The van der Waals surface area contributed by atoms with Gasteiger partial charge in [-0.2, -0.15) is 0 Å². The van der Waals surface area contributed by atoms with Crippen LogP contribution in [0.5, 0.6) is 0 Å². The SMILES string of the molecule is Cc1ncc(C(=O)N(CC2CC2)C[C@@H]2CN(C)CCO2)[nH]1. The molecule has 2 fully saturated rings. The molecule has 0 bridgehead atoms. The lowest BCUT2D eigenvalue weighted by Crippen LogP contribution is -2.48. The lowest BCUT2D eigenvalue weighted by molar-refractivity contribution is -0.0332. The zero-order valence-corrected chi connectivity index (χ0v) is 12.8. The standard InChI is InChI=1S/C15H24N4O2/c1-11-16-7-14(17-11)15(20)19(8-12-3-4-12)10-13-9-18(2)5-6-21-13/h7,12-13H,3-6,8-10H2,1-2H3,(H,16,17)/t13-/m0/s1. The fraction of sp³-hybridized carbons (Fsp3) is 0.733. The van der Waals surface area contributed by atoms with E-state index < -0.39 is 0 Å². The molecule has 21 heavy (non-hydrogen) atoms. The van der Waals surface area contributed by atoms with Crippen molar-refractivity contribution < 1.29 is 9.53 Å². The summed E-state index contributed by atoms with van der Waals surface area (Å²) in [5.74, 6) is 1.48. The fourth-order valence-corrected chi connectivity index (χ4v) is 2.78. The minimum absolute atomic E-state index is 0.0410. The Balaban J connectivity index is 1.66. The molecule has 1 amide bonds. The summed E-state index contributed by atoms with van der Waals surface area (Å²) in [6.07, 6.45) is 4.20. The number of nitrogens with zero attached hydrogens (tertiary/aromatic N) is 3. The van der Waals surface area contributed by atoms with Crippen molar-refractivity contribution in [2.24, 2.45) is 5.92 Å². The Kier molecular flexibility index (Phi) is 4.26. The first-order valence-electron chi connectivity index (χ1n) is 7.73. The number of amides is 1. The molecule has 2 aliphatic rings. The number of likely N-dealkylation sites (N-methyl/N-ethyl adjacent to an activating group) is 1. The molecule has 116 valence electrons. The zero-order valence-electron chi connectivity index (χ0n) is 12.8. The van der Waals surface area contributed by atoms with Crippen LogP contribution in [0, 0.1) is 12.8 Å². The molecular formula is C15H24N4O2. The minimum atomic E-state index is 0.0410. The summed E-state index contributed by atoms with van der Waals surface area (Å²) in [5, 5.41) is 0. The van der Waals surface area contributed by atoms with E-state index in [-0.39, 0.29) is 12.0 Å². The van der Waals surface area contributed by atoms with Gasteiger partial charge in [-0.05, 0) is 32.7 Å². The van der Waals surface area contributed by atoms with E-state index >= 15 is 0 Å². The summed E-state index contributed by atoms with van der Waals surface area (Å²) in [5.41, 5.74) is 0.581. The number of nitrogens with one attached hydrogen (secondary N) is 1. The van der Waals surface area contributed by atoms with E-state index in [0.29, 0.717) is 18.2 Å². The van der Waals surface area contributed by atoms with Crippen molar-refractivity contribution in [3.63, 3.8) is 0 Å². The maximum Gasteiger partial charge on any atom is 0.272 e. The molecule has 1 saturated carbocycles. The zero-order chi connectivity index (χ0) is 14.8. The van der Waals surface area contributed by atoms with Crippen LogP contribution in [0.3, 0.4) is 0 Å². The third-order valence-corrected chi connectivity index (χ3v) is 4.16.